The summed E-state index contributed by atoms with van der Waals surface area (Å²) in [5.41, 5.74) is 1.24. The summed E-state index contributed by atoms with van der Waals surface area (Å²) in [6.45, 7) is 3.43. The van der Waals surface area contributed by atoms with Gasteiger partial charge in [0.25, 0.3) is 0 Å². The Bertz CT molecular complexity index is 715. The summed E-state index contributed by atoms with van der Waals surface area (Å²) in [6.07, 6.45) is 3.01. The van der Waals surface area contributed by atoms with Crippen LogP contribution in [0, 0.1) is 0 Å². The molecular formula is C21H26N2O2S. The smallest absolute Gasteiger partial charge is 0.242 e. The molecule has 2 heterocycles. The maximum absolute atomic E-state index is 12.7. The molecule has 2 unspecified atom stereocenters. The van der Waals surface area contributed by atoms with E-state index in [1.807, 2.05) is 35.7 Å². The van der Waals surface area contributed by atoms with Crippen LogP contribution in [0.2, 0.25) is 0 Å². The number of amides is 2. The van der Waals surface area contributed by atoms with Crippen LogP contribution < -0.4 is 5.32 Å². The van der Waals surface area contributed by atoms with Gasteiger partial charge in [-0.25, -0.2) is 0 Å². The van der Waals surface area contributed by atoms with E-state index in [1.165, 1.54) is 5.56 Å². The monoisotopic (exact) mass is 370 g/mol. The quantitative estimate of drug-likeness (QED) is 0.810. The fourth-order valence-electron chi connectivity index (χ4n) is 3.57. The van der Waals surface area contributed by atoms with E-state index in [0.717, 1.165) is 24.1 Å². The average molecular weight is 371 g/mol. The molecule has 0 bridgehead atoms. The topological polar surface area (TPSA) is 49.4 Å². The Hall–Kier alpha value is -2.14. The third-order valence-electron chi connectivity index (χ3n) is 5.07. The van der Waals surface area contributed by atoms with Gasteiger partial charge in [0.1, 0.15) is 6.04 Å². The van der Waals surface area contributed by atoms with Gasteiger partial charge in [-0.2, -0.15) is 0 Å². The predicted molar refractivity (Wildman–Crippen MR) is 105 cm³/mol. The number of rotatable bonds is 7. The molecule has 2 atom stereocenters. The summed E-state index contributed by atoms with van der Waals surface area (Å²) in [4.78, 5) is 28.1. The Labute approximate surface area is 159 Å². The van der Waals surface area contributed by atoms with Crippen LogP contribution in [0.4, 0.5) is 0 Å². The van der Waals surface area contributed by atoms with Gasteiger partial charge in [-0.05, 0) is 36.3 Å². The molecule has 1 aliphatic heterocycles. The van der Waals surface area contributed by atoms with Crippen molar-refractivity contribution < 1.29 is 9.59 Å². The van der Waals surface area contributed by atoms with Crippen LogP contribution in [0.15, 0.2) is 47.8 Å². The van der Waals surface area contributed by atoms with E-state index in [2.05, 4.69) is 24.4 Å². The highest BCUT2D eigenvalue weighted by Gasteiger charge is 2.34. The number of hydrogen-bond donors (Lipinski definition) is 1. The molecule has 1 N–H and O–H groups in total. The minimum atomic E-state index is -0.323. The normalized spacial score (nSPS) is 17.9. The predicted octanol–water partition coefficient (Wildman–Crippen LogP) is 3.59. The Morgan fingerprint density at radius 1 is 1.23 bits per heavy atom. The molecule has 1 aromatic carbocycles. The number of hydrogen-bond acceptors (Lipinski definition) is 3. The molecule has 1 aromatic heterocycles. The van der Waals surface area contributed by atoms with E-state index in [0.29, 0.717) is 25.4 Å². The van der Waals surface area contributed by atoms with Gasteiger partial charge in [0.05, 0.1) is 6.42 Å². The largest absolute Gasteiger partial charge is 0.354 e. The summed E-state index contributed by atoms with van der Waals surface area (Å²) >= 11 is 1.59. The van der Waals surface area contributed by atoms with Gasteiger partial charge in [-0.3, -0.25) is 9.59 Å². The second kappa shape index (κ2) is 8.99. The zero-order valence-corrected chi connectivity index (χ0v) is 16.0. The second-order valence-electron chi connectivity index (χ2n) is 6.76. The maximum atomic E-state index is 12.7. The lowest BCUT2D eigenvalue weighted by atomic mass is 9.96. The zero-order chi connectivity index (χ0) is 18.4. The van der Waals surface area contributed by atoms with E-state index in [9.17, 15) is 9.59 Å². The fraction of sp³-hybridized carbons (Fsp3) is 0.429. The highest BCUT2D eigenvalue weighted by molar-refractivity contribution is 7.10. The summed E-state index contributed by atoms with van der Waals surface area (Å²) in [5.74, 6) is 0.341. The molecular weight excluding hydrogens is 344 g/mol. The molecule has 0 spiro atoms. The summed E-state index contributed by atoms with van der Waals surface area (Å²) in [7, 11) is 0. The van der Waals surface area contributed by atoms with E-state index >= 15 is 0 Å². The second-order valence-corrected chi connectivity index (χ2v) is 7.79. The lowest BCUT2D eigenvalue weighted by Gasteiger charge is -2.25. The number of likely N-dealkylation sites (tertiary alicyclic amines) is 1. The third-order valence-corrected chi connectivity index (χ3v) is 5.94. The molecule has 2 aromatic rings. The Morgan fingerprint density at radius 2 is 2.04 bits per heavy atom. The van der Waals surface area contributed by atoms with Gasteiger partial charge in [-0.15, -0.1) is 11.3 Å². The van der Waals surface area contributed by atoms with Crippen LogP contribution in [-0.4, -0.2) is 35.8 Å². The number of carbonyl (C=O) groups excluding carboxylic acids is 2. The SMILES string of the molecule is CCC(CNC(=O)C1CCCN1C(=O)Cc1cccs1)c1ccccc1. The average Bonchev–Trinajstić information content (AvgIpc) is 3.34. The van der Waals surface area contributed by atoms with Crippen molar-refractivity contribution in [2.75, 3.05) is 13.1 Å². The minimum absolute atomic E-state index is 0.0172. The Morgan fingerprint density at radius 3 is 2.73 bits per heavy atom. The lowest BCUT2D eigenvalue weighted by molar-refractivity contribution is -0.137. The highest BCUT2D eigenvalue weighted by Crippen LogP contribution is 2.22. The van der Waals surface area contributed by atoms with Crippen LogP contribution in [0.1, 0.15) is 42.5 Å². The number of thiophene rings is 1. The van der Waals surface area contributed by atoms with E-state index in [1.54, 1.807) is 16.2 Å². The van der Waals surface area contributed by atoms with Crippen molar-refractivity contribution in [3.63, 3.8) is 0 Å². The van der Waals surface area contributed by atoms with Gasteiger partial charge in [0.2, 0.25) is 11.8 Å². The van der Waals surface area contributed by atoms with Crippen molar-refractivity contribution in [3.05, 3.63) is 58.3 Å². The van der Waals surface area contributed by atoms with Crippen molar-refractivity contribution in [3.8, 4) is 0 Å². The number of carbonyl (C=O) groups is 2. The molecule has 0 aliphatic carbocycles. The van der Waals surface area contributed by atoms with Gasteiger partial charge >= 0.3 is 0 Å². The molecule has 1 fully saturated rings. The number of nitrogens with one attached hydrogen (secondary N) is 1. The Kier molecular flexibility index (Phi) is 6.45. The minimum Gasteiger partial charge on any atom is -0.354 e. The molecule has 0 radical (unpaired) electrons. The van der Waals surface area contributed by atoms with Gasteiger partial charge in [-0.1, -0.05) is 43.3 Å². The molecule has 26 heavy (non-hydrogen) atoms. The van der Waals surface area contributed by atoms with Crippen LogP contribution in [0.5, 0.6) is 0 Å². The van der Waals surface area contributed by atoms with E-state index in [4.69, 9.17) is 0 Å². The molecule has 1 aliphatic rings. The molecule has 3 rings (SSSR count). The summed E-state index contributed by atoms with van der Waals surface area (Å²) < 4.78 is 0. The third kappa shape index (κ3) is 4.52. The van der Waals surface area contributed by atoms with Gasteiger partial charge in [0, 0.05) is 23.9 Å². The van der Waals surface area contributed by atoms with Gasteiger partial charge in [0.15, 0.2) is 0 Å². The van der Waals surface area contributed by atoms with E-state index in [-0.39, 0.29) is 17.9 Å². The molecule has 0 saturated carbocycles. The van der Waals surface area contributed by atoms with Crippen molar-refractivity contribution in [1.29, 1.82) is 0 Å². The summed E-state index contributed by atoms with van der Waals surface area (Å²) in [6, 6.07) is 13.9. The van der Waals surface area contributed by atoms with Crippen molar-refractivity contribution in [1.82, 2.24) is 10.2 Å². The van der Waals surface area contributed by atoms with Crippen molar-refractivity contribution >= 4 is 23.2 Å². The van der Waals surface area contributed by atoms with Crippen LogP contribution in [0.25, 0.3) is 0 Å². The number of benzene rings is 1. The van der Waals surface area contributed by atoms with Crippen LogP contribution in [0.3, 0.4) is 0 Å². The first-order valence-electron chi connectivity index (χ1n) is 9.33. The maximum Gasteiger partial charge on any atom is 0.242 e. The first kappa shape index (κ1) is 18.6. The zero-order valence-electron chi connectivity index (χ0n) is 15.2. The summed E-state index contributed by atoms with van der Waals surface area (Å²) in [5, 5.41) is 5.07. The molecule has 1 saturated heterocycles. The number of nitrogens with zero attached hydrogens (tertiary/aromatic N) is 1. The van der Waals surface area contributed by atoms with Crippen LogP contribution >= 0.6 is 11.3 Å². The highest BCUT2D eigenvalue weighted by atomic mass is 32.1. The Balaban J connectivity index is 1.57. The fourth-order valence-corrected chi connectivity index (χ4v) is 4.26. The first-order valence-corrected chi connectivity index (χ1v) is 10.2. The molecule has 138 valence electrons. The van der Waals surface area contributed by atoms with E-state index < -0.39 is 0 Å². The molecule has 5 heteroatoms. The van der Waals surface area contributed by atoms with Crippen molar-refractivity contribution in [2.24, 2.45) is 0 Å². The van der Waals surface area contributed by atoms with Crippen molar-refractivity contribution in [2.45, 2.75) is 44.6 Å². The molecule has 2 amide bonds. The standard InChI is InChI=1S/C21H26N2O2S/c1-2-16(17-8-4-3-5-9-17)15-22-21(25)19-11-6-12-23(19)20(24)14-18-10-7-13-26-18/h3-5,7-10,13,16,19H,2,6,11-12,14-15H2,1H3,(H,22,25). The van der Waals surface area contributed by atoms with Crippen LogP contribution in [-0.2, 0) is 16.0 Å². The molecule has 4 nitrogen and oxygen atoms in total. The lowest BCUT2D eigenvalue weighted by Crippen LogP contribution is -2.47. The first-order chi connectivity index (χ1) is 12.7. The van der Waals surface area contributed by atoms with Gasteiger partial charge < -0.3 is 10.2 Å².